The normalized spacial score (nSPS) is 12.1. The molecule has 0 spiro atoms. The summed E-state index contributed by atoms with van der Waals surface area (Å²) in [5.74, 6) is -1.18. The third-order valence-electron chi connectivity index (χ3n) is 3.35. The van der Waals surface area contributed by atoms with Crippen molar-refractivity contribution in [3.8, 4) is 0 Å². The molecule has 1 atom stereocenters. The minimum Gasteiger partial charge on any atom is -0.469 e. The number of hydrogen-bond donors (Lipinski definition) is 0. The van der Waals surface area contributed by atoms with Gasteiger partial charge in [0, 0.05) is 6.42 Å². The molecule has 0 N–H and O–H groups in total. The lowest BCUT2D eigenvalue weighted by Gasteiger charge is -2.12. The summed E-state index contributed by atoms with van der Waals surface area (Å²) >= 11 is 0. The molecule has 0 bridgehead atoms. The van der Waals surface area contributed by atoms with E-state index in [1.807, 2.05) is 25.1 Å². The summed E-state index contributed by atoms with van der Waals surface area (Å²) in [6.07, 6.45) is 0.134. The summed E-state index contributed by atoms with van der Waals surface area (Å²) < 4.78 is 15.3. The summed E-state index contributed by atoms with van der Waals surface area (Å²) in [6.45, 7) is 3.91. The van der Waals surface area contributed by atoms with Gasteiger partial charge in [0.25, 0.3) is 0 Å². The van der Waals surface area contributed by atoms with Gasteiger partial charge >= 0.3 is 11.9 Å². The molecule has 0 saturated heterocycles. The molecule has 2 aromatic rings. The van der Waals surface area contributed by atoms with Crippen molar-refractivity contribution in [3.05, 3.63) is 29.7 Å². The summed E-state index contributed by atoms with van der Waals surface area (Å²) in [7, 11) is 1.29. The van der Waals surface area contributed by atoms with Crippen molar-refractivity contribution in [2.75, 3.05) is 13.7 Å². The van der Waals surface area contributed by atoms with E-state index in [1.165, 1.54) is 7.11 Å². The van der Waals surface area contributed by atoms with E-state index < -0.39 is 17.9 Å². The lowest BCUT2D eigenvalue weighted by atomic mass is 10.0. The van der Waals surface area contributed by atoms with Crippen LogP contribution in [-0.4, -0.2) is 30.6 Å². The second kappa shape index (κ2) is 7.06. The molecule has 6 heteroatoms. The highest BCUT2D eigenvalue weighted by molar-refractivity contribution is 5.80. The van der Waals surface area contributed by atoms with Gasteiger partial charge in [-0.05, 0) is 25.5 Å². The first-order valence-corrected chi connectivity index (χ1v) is 7.13. The summed E-state index contributed by atoms with van der Waals surface area (Å²) in [6, 6.07) is 5.63. The first-order chi connectivity index (χ1) is 10.5. The Bertz CT molecular complexity index is 676. The molecule has 6 nitrogen and oxygen atoms in total. The second-order valence-corrected chi connectivity index (χ2v) is 4.96. The zero-order valence-corrected chi connectivity index (χ0v) is 12.9. The number of hydrogen-bond acceptors (Lipinski definition) is 6. The second-order valence-electron chi connectivity index (χ2n) is 4.96. The minimum atomic E-state index is -0.666. The van der Waals surface area contributed by atoms with Crippen LogP contribution in [0.15, 0.2) is 22.6 Å². The maximum Gasteiger partial charge on any atom is 0.310 e. The standard InChI is InChI=1S/C16H19NO5/c1-4-21-16(19)11(9-14(18)20-3)8-13-17-15-10(2)6-5-7-12(15)22-13/h5-7,11H,4,8-9H2,1-3H3. The van der Waals surface area contributed by atoms with Crippen LogP contribution in [0.1, 0.15) is 24.8 Å². The number of rotatable bonds is 6. The van der Waals surface area contributed by atoms with Crippen molar-refractivity contribution in [1.29, 1.82) is 0 Å². The van der Waals surface area contributed by atoms with E-state index >= 15 is 0 Å². The van der Waals surface area contributed by atoms with Gasteiger partial charge in [0.1, 0.15) is 5.52 Å². The number of ether oxygens (including phenoxy) is 2. The third kappa shape index (κ3) is 3.63. The lowest BCUT2D eigenvalue weighted by Crippen LogP contribution is -2.23. The van der Waals surface area contributed by atoms with Gasteiger partial charge in [0.15, 0.2) is 11.5 Å². The molecule has 0 saturated carbocycles. The van der Waals surface area contributed by atoms with E-state index in [1.54, 1.807) is 6.92 Å². The van der Waals surface area contributed by atoms with Gasteiger partial charge in [-0.3, -0.25) is 9.59 Å². The van der Waals surface area contributed by atoms with Crippen LogP contribution in [0.5, 0.6) is 0 Å². The zero-order valence-electron chi connectivity index (χ0n) is 12.9. The van der Waals surface area contributed by atoms with Gasteiger partial charge in [0.05, 0.1) is 26.1 Å². The van der Waals surface area contributed by atoms with Gasteiger partial charge in [-0.15, -0.1) is 0 Å². The van der Waals surface area contributed by atoms with Crippen LogP contribution in [0.25, 0.3) is 11.1 Å². The number of aromatic nitrogens is 1. The SMILES string of the molecule is CCOC(=O)C(CC(=O)OC)Cc1nc2c(C)cccc2o1. The summed E-state index contributed by atoms with van der Waals surface area (Å²) in [5, 5.41) is 0. The molecule has 0 amide bonds. The molecule has 0 aliphatic heterocycles. The van der Waals surface area contributed by atoms with Crippen molar-refractivity contribution < 1.29 is 23.5 Å². The molecule has 0 radical (unpaired) electrons. The van der Waals surface area contributed by atoms with E-state index in [0.29, 0.717) is 11.5 Å². The van der Waals surface area contributed by atoms with E-state index in [2.05, 4.69) is 9.72 Å². The van der Waals surface area contributed by atoms with Gasteiger partial charge < -0.3 is 13.9 Å². The van der Waals surface area contributed by atoms with Crippen LogP contribution in [0, 0.1) is 12.8 Å². The maximum atomic E-state index is 12.0. The van der Waals surface area contributed by atoms with Crippen molar-refractivity contribution in [2.45, 2.75) is 26.7 Å². The number of aryl methyl sites for hydroxylation is 1. The Balaban J connectivity index is 2.22. The Morgan fingerprint density at radius 1 is 1.36 bits per heavy atom. The van der Waals surface area contributed by atoms with E-state index in [9.17, 15) is 9.59 Å². The topological polar surface area (TPSA) is 78.6 Å². The monoisotopic (exact) mass is 305 g/mol. The number of nitrogens with zero attached hydrogens (tertiary/aromatic N) is 1. The highest BCUT2D eigenvalue weighted by atomic mass is 16.5. The number of methoxy groups -OCH3 is 1. The Morgan fingerprint density at radius 2 is 2.14 bits per heavy atom. The highest BCUT2D eigenvalue weighted by Gasteiger charge is 2.26. The molecule has 118 valence electrons. The predicted molar refractivity (Wildman–Crippen MR) is 79.2 cm³/mol. The van der Waals surface area contributed by atoms with Crippen molar-refractivity contribution in [1.82, 2.24) is 4.98 Å². The molecule has 0 aliphatic rings. The number of benzene rings is 1. The maximum absolute atomic E-state index is 12.0. The lowest BCUT2D eigenvalue weighted by molar-refractivity contribution is -0.153. The number of carbonyl (C=O) groups is 2. The summed E-state index contributed by atoms with van der Waals surface area (Å²) in [4.78, 5) is 27.8. The molecular formula is C16H19NO5. The molecule has 22 heavy (non-hydrogen) atoms. The Hall–Kier alpha value is -2.37. The largest absolute Gasteiger partial charge is 0.469 e. The van der Waals surface area contributed by atoms with Crippen molar-refractivity contribution in [2.24, 2.45) is 5.92 Å². The fraction of sp³-hybridized carbons (Fsp3) is 0.438. The van der Waals surface area contributed by atoms with Gasteiger partial charge in [0.2, 0.25) is 0 Å². The van der Waals surface area contributed by atoms with E-state index in [0.717, 1.165) is 11.1 Å². The summed E-state index contributed by atoms with van der Waals surface area (Å²) in [5.41, 5.74) is 2.42. The van der Waals surface area contributed by atoms with Crippen LogP contribution >= 0.6 is 0 Å². The number of carbonyl (C=O) groups excluding carboxylic acids is 2. The minimum absolute atomic E-state index is 0.0625. The fourth-order valence-corrected chi connectivity index (χ4v) is 2.21. The smallest absolute Gasteiger partial charge is 0.310 e. The van der Waals surface area contributed by atoms with Gasteiger partial charge in [-0.25, -0.2) is 4.98 Å². The third-order valence-corrected chi connectivity index (χ3v) is 3.35. The van der Waals surface area contributed by atoms with Crippen LogP contribution in [0.3, 0.4) is 0 Å². The van der Waals surface area contributed by atoms with Gasteiger partial charge in [-0.2, -0.15) is 0 Å². The highest BCUT2D eigenvalue weighted by Crippen LogP contribution is 2.22. The molecule has 2 rings (SSSR count). The first kappa shape index (κ1) is 16.0. The Morgan fingerprint density at radius 3 is 2.77 bits per heavy atom. The molecular weight excluding hydrogens is 286 g/mol. The Kier molecular flexibility index (Phi) is 5.14. The van der Waals surface area contributed by atoms with Crippen LogP contribution in [0.2, 0.25) is 0 Å². The number of esters is 2. The van der Waals surface area contributed by atoms with E-state index in [4.69, 9.17) is 9.15 Å². The van der Waals surface area contributed by atoms with Crippen molar-refractivity contribution >= 4 is 23.0 Å². The quantitative estimate of drug-likeness (QED) is 0.763. The molecule has 0 aliphatic carbocycles. The number of para-hydroxylation sites is 1. The van der Waals surface area contributed by atoms with Gasteiger partial charge in [-0.1, -0.05) is 12.1 Å². The van der Waals surface area contributed by atoms with Crippen LogP contribution in [-0.2, 0) is 25.5 Å². The van der Waals surface area contributed by atoms with Crippen LogP contribution < -0.4 is 0 Å². The van der Waals surface area contributed by atoms with Crippen LogP contribution in [0.4, 0.5) is 0 Å². The molecule has 1 unspecified atom stereocenters. The predicted octanol–water partition coefficient (Wildman–Crippen LogP) is 2.42. The van der Waals surface area contributed by atoms with Crippen molar-refractivity contribution in [3.63, 3.8) is 0 Å². The number of oxazole rings is 1. The first-order valence-electron chi connectivity index (χ1n) is 7.13. The molecule has 0 fully saturated rings. The Labute approximate surface area is 128 Å². The molecule has 1 aromatic carbocycles. The molecule has 1 aromatic heterocycles. The average Bonchev–Trinajstić information content (AvgIpc) is 2.90. The zero-order chi connectivity index (χ0) is 16.1. The fourth-order valence-electron chi connectivity index (χ4n) is 2.21. The van der Waals surface area contributed by atoms with E-state index in [-0.39, 0.29) is 19.4 Å². The molecule has 1 heterocycles. The number of fused-ring (bicyclic) bond motifs is 1. The average molecular weight is 305 g/mol.